The third-order valence-corrected chi connectivity index (χ3v) is 8.63. The van der Waals surface area contributed by atoms with Crippen molar-refractivity contribution in [3.63, 3.8) is 0 Å². The molecular weight excluding hydrogens is 400 g/mol. The zero-order valence-electron chi connectivity index (χ0n) is 16.5. The number of thiazole rings is 1. The number of anilines is 1. The number of nitriles is 1. The summed E-state index contributed by atoms with van der Waals surface area (Å²) in [5.74, 6) is 2.66. The normalized spacial score (nSPS) is 29.6. The third-order valence-electron chi connectivity index (χ3n) is 6.77. The number of pyridine rings is 1. The smallest absolute Gasteiger partial charge is 0.236 e. The summed E-state index contributed by atoms with van der Waals surface area (Å²) in [7, 11) is 0. The largest absolute Gasteiger partial charge is 0.301 e. The molecule has 7 heteroatoms. The standard InChI is InChI=1S/C22H24N4OS2/c1-13-11-29-21(24-13)26-19(27)12-28-20-17(10-23)2-3-18(25-20)22-7-14-4-15(8-22)6-16(5-14)9-22/h2-3,11,14-16H,4-9,12H2,1H3,(H,24,26,27). The molecule has 0 aromatic carbocycles. The van der Waals surface area contributed by atoms with Crippen molar-refractivity contribution in [2.24, 2.45) is 17.8 Å². The van der Waals surface area contributed by atoms with E-state index in [0.717, 1.165) is 29.1 Å². The molecule has 2 heterocycles. The van der Waals surface area contributed by atoms with Crippen LogP contribution in [0.5, 0.6) is 0 Å². The van der Waals surface area contributed by atoms with Crippen molar-refractivity contribution in [1.29, 1.82) is 5.26 Å². The molecule has 0 radical (unpaired) electrons. The fourth-order valence-electron chi connectivity index (χ4n) is 6.06. The maximum absolute atomic E-state index is 12.3. The average Bonchev–Trinajstić information content (AvgIpc) is 3.09. The highest BCUT2D eigenvalue weighted by atomic mass is 32.2. The lowest BCUT2D eigenvalue weighted by Gasteiger charge is -2.56. The van der Waals surface area contributed by atoms with Gasteiger partial charge in [-0.15, -0.1) is 11.3 Å². The second kappa shape index (κ2) is 7.41. The Bertz CT molecular complexity index is 958. The number of thioether (sulfide) groups is 1. The van der Waals surface area contributed by atoms with E-state index in [1.54, 1.807) is 0 Å². The molecule has 4 saturated carbocycles. The number of hydrogen-bond acceptors (Lipinski definition) is 6. The second-order valence-corrected chi connectivity index (χ2v) is 10.8. The Morgan fingerprint density at radius 2 is 1.93 bits per heavy atom. The molecule has 2 aromatic heterocycles. The molecule has 4 bridgehead atoms. The first-order valence-corrected chi connectivity index (χ1v) is 12.2. The molecule has 4 fully saturated rings. The van der Waals surface area contributed by atoms with Crippen LogP contribution in [0.1, 0.15) is 55.5 Å². The van der Waals surface area contributed by atoms with Crippen molar-refractivity contribution in [2.45, 2.75) is 55.9 Å². The lowest BCUT2D eigenvalue weighted by atomic mass is 9.49. The number of nitrogens with zero attached hydrogens (tertiary/aromatic N) is 3. The number of aromatic nitrogens is 2. The minimum atomic E-state index is -0.116. The van der Waals surface area contributed by atoms with Gasteiger partial charge >= 0.3 is 0 Å². The SMILES string of the molecule is Cc1csc(NC(=O)CSc2nc(C34CC5CC(CC(C5)C3)C4)ccc2C#N)n1. The van der Waals surface area contributed by atoms with Crippen LogP contribution in [0, 0.1) is 36.0 Å². The fourth-order valence-corrected chi connectivity index (χ4v) is 7.53. The fraction of sp³-hybridized carbons (Fsp3) is 0.545. The summed E-state index contributed by atoms with van der Waals surface area (Å²) in [6.07, 6.45) is 7.91. The summed E-state index contributed by atoms with van der Waals surface area (Å²) in [6.45, 7) is 1.90. The molecule has 1 amide bonds. The van der Waals surface area contributed by atoms with Crippen LogP contribution >= 0.6 is 23.1 Å². The van der Waals surface area contributed by atoms with E-state index in [2.05, 4.69) is 22.4 Å². The van der Waals surface area contributed by atoms with Crippen LogP contribution in [0.2, 0.25) is 0 Å². The van der Waals surface area contributed by atoms with Gasteiger partial charge in [0.2, 0.25) is 5.91 Å². The predicted octanol–water partition coefficient (Wildman–Crippen LogP) is 4.92. The van der Waals surface area contributed by atoms with E-state index < -0.39 is 0 Å². The molecule has 4 aliphatic carbocycles. The highest BCUT2D eigenvalue weighted by Crippen LogP contribution is 2.60. The van der Waals surface area contributed by atoms with Gasteiger partial charge in [-0.2, -0.15) is 5.26 Å². The average molecular weight is 425 g/mol. The van der Waals surface area contributed by atoms with Gasteiger partial charge in [0, 0.05) is 16.5 Å². The Kier molecular flexibility index (Phi) is 4.87. The quantitative estimate of drug-likeness (QED) is 0.690. The van der Waals surface area contributed by atoms with Crippen LogP contribution in [0.4, 0.5) is 5.13 Å². The topological polar surface area (TPSA) is 78.7 Å². The summed E-state index contributed by atoms with van der Waals surface area (Å²) in [5, 5.41) is 15.6. The minimum absolute atomic E-state index is 0.116. The molecule has 29 heavy (non-hydrogen) atoms. The lowest BCUT2D eigenvalue weighted by molar-refractivity contribution is -0.113. The summed E-state index contributed by atoms with van der Waals surface area (Å²) < 4.78 is 0. The van der Waals surface area contributed by atoms with Crippen LogP contribution in [-0.2, 0) is 10.2 Å². The molecule has 0 unspecified atom stereocenters. The monoisotopic (exact) mass is 424 g/mol. The Morgan fingerprint density at radius 1 is 1.24 bits per heavy atom. The first-order chi connectivity index (χ1) is 14.0. The zero-order valence-corrected chi connectivity index (χ0v) is 18.1. The van der Waals surface area contributed by atoms with Crippen molar-refractivity contribution in [3.8, 4) is 6.07 Å². The highest BCUT2D eigenvalue weighted by molar-refractivity contribution is 8.00. The Balaban J connectivity index is 1.34. The molecule has 0 saturated heterocycles. The van der Waals surface area contributed by atoms with E-state index >= 15 is 0 Å². The summed E-state index contributed by atoms with van der Waals surface area (Å²) in [5.41, 5.74) is 2.80. The van der Waals surface area contributed by atoms with Gasteiger partial charge in [-0.25, -0.2) is 9.97 Å². The molecule has 0 atom stereocenters. The van der Waals surface area contributed by atoms with Crippen LogP contribution in [0.15, 0.2) is 22.5 Å². The maximum atomic E-state index is 12.3. The van der Waals surface area contributed by atoms with Gasteiger partial charge in [-0.3, -0.25) is 4.79 Å². The molecule has 0 aliphatic heterocycles. The molecule has 0 spiro atoms. The Morgan fingerprint density at radius 3 is 2.52 bits per heavy atom. The zero-order chi connectivity index (χ0) is 20.0. The minimum Gasteiger partial charge on any atom is -0.301 e. The molecule has 6 rings (SSSR count). The summed E-state index contributed by atoms with van der Waals surface area (Å²) >= 11 is 2.78. The first-order valence-electron chi connectivity index (χ1n) is 10.3. The van der Waals surface area contributed by atoms with E-state index in [1.807, 2.05) is 18.4 Å². The van der Waals surface area contributed by atoms with Crippen LogP contribution in [0.3, 0.4) is 0 Å². The third kappa shape index (κ3) is 3.69. The number of rotatable bonds is 5. The van der Waals surface area contributed by atoms with Gasteiger partial charge in [-0.05, 0) is 75.3 Å². The van der Waals surface area contributed by atoms with E-state index in [1.165, 1.54) is 61.6 Å². The lowest BCUT2D eigenvalue weighted by Crippen LogP contribution is -2.49. The van der Waals surface area contributed by atoms with E-state index in [9.17, 15) is 10.1 Å². The number of amides is 1. The van der Waals surface area contributed by atoms with E-state index in [4.69, 9.17) is 4.98 Å². The molecule has 5 nitrogen and oxygen atoms in total. The van der Waals surface area contributed by atoms with E-state index in [0.29, 0.717) is 15.7 Å². The van der Waals surface area contributed by atoms with Crippen LogP contribution < -0.4 is 5.32 Å². The number of aryl methyl sites for hydroxylation is 1. The van der Waals surface area contributed by atoms with Gasteiger partial charge in [0.15, 0.2) is 5.13 Å². The summed E-state index contributed by atoms with van der Waals surface area (Å²) in [6, 6.07) is 6.23. The van der Waals surface area contributed by atoms with Gasteiger partial charge in [0.05, 0.1) is 17.0 Å². The van der Waals surface area contributed by atoms with Crippen LogP contribution in [0.25, 0.3) is 0 Å². The molecular formula is C22H24N4OS2. The van der Waals surface area contributed by atoms with Gasteiger partial charge in [0.25, 0.3) is 0 Å². The van der Waals surface area contributed by atoms with Crippen LogP contribution in [-0.4, -0.2) is 21.6 Å². The van der Waals surface area contributed by atoms with Crippen molar-refractivity contribution < 1.29 is 4.79 Å². The van der Waals surface area contributed by atoms with Gasteiger partial charge in [0.1, 0.15) is 11.1 Å². The summed E-state index contributed by atoms with van der Waals surface area (Å²) in [4.78, 5) is 21.6. The van der Waals surface area contributed by atoms with Crippen molar-refractivity contribution in [1.82, 2.24) is 9.97 Å². The van der Waals surface area contributed by atoms with Crippen molar-refractivity contribution >= 4 is 34.1 Å². The van der Waals surface area contributed by atoms with Gasteiger partial charge < -0.3 is 5.32 Å². The highest BCUT2D eigenvalue weighted by Gasteiger charge is 2.52. The van der Waals surface area contributed by atoms with Crippen molar-refractivity contribution in [3.05, 3.63) is 34.5 Å². The van der Waals surface area contributed by atoms with Gasteiger partial charge in [-0.1, -0.05) is 11.8 Å². The molecule has 4 aliphatic rings. The van der Waals surface area contributed by atoms with Crippen molar-refractivity contribution in [2.75, 3.05) is 11.1 Å². The predicted molar refractivity (Wildman–Crippen MR) is 115 cm³/mol. The number of carbonyl (C=O) groups excluding carboxylic acids is 1. The molecule has 1 N–H and O–H groups in total. The second-order valence-electron chi connectivity index (χ2n) is 8.99. The Labute approximate surface area is 179 Å². The Hall–Kier alpha value is -1.91. The number of hydrogen-bond donors (Lipinski definition) is 1. The number of carbonyl (C=O) groups is 1. The van der Waals surface area contributed by atoms with E-state index in [-0.39, 0.29) is 17.1 Å². The first kappa shape index (κ1) is 19.1. The molecule has 2 aromatic rings. The maximum Gasteiger partial charge on any atom is 0.236 e. The molecule has 150 valence electrons. The number of nitrogens with one attached hydrogen (secondary N) is 1.